The van der Waals surface area contributed by atoms with E-state index in [1.54, 1.807) is 12.4 Å². The van der Waals surface area contributed by atoms with Crippen molar-refractivity contribution in [1.29, 1.82) is 5.26 Å². The topological polar surface area (TPSA) is 66.6 Å². The molecule has 0 bridgehead atoms. The van der Waals surface area contributed by atoms with Gasteiger partial charge >= 0.3 is 6.29 Å². The smallest absolute Gasteiger partial charge is 0.395 e. The Morgan fingerprint density at radius 3 is 2.83 bits per heavy atom. The van der Waals surface area contributed by atoms with E-state index in [2.05, 4.69) is 19.8 Å². The van der Waals surface area contributed by atoms with Crippen LogP contribution in [-0.2, 0) is 0 Å². The lowest BCUT2D eigenvalue weighted by atomic mass is 10.3. The molecular weight excluding hydrogens is 264 g/mol. The van der Waals surface area contributed by atoms with Gasteiger partial charge in [-0.1, -0.05) is 11.8 Å². The van der Waals surface area contributed by atoms with Gasteiger partial charge in [-0.05, 0) is 18.4 Å². The summed E-state index contributed by atoms with van der Waals surface area (Å²) < 4.78 is 34.1. The van der Waals surface area contributed by atoms with Crippen molar-refractivity contribution in [2.75, 3.05) is 6.26 Å². The van der Waals surface area contributed by atoms with Gasteiger partial charge in [-0.2, -0.15) is 5.26 Å². The lowest BCUT2D eigenvalue weighted by molar-refractivity contribution is -0.286. The van der Waals surface area contributed by atoms with Crippen LogP contribution < -0.4 is 14.8 Å². The summed E-state index contributed by atoms with van der Waals surface area (Å²) in [5, 5.41) is 11.2. The average Bonchev–Trinajstić information content (AvgIpc) is 2.61. The molecule has 0 spiro atoms. The fourth-order valence-corrected chi connectivity index (χ4v) is 1.64. The molecule has 1 aromatic rings. The zero-order valence-electron chi connectivity index (χ0n) is 9.11. The van der Waals surface area contributed by atoms with Crippen LogP contribution in [-0.4, -0.2) is 17.7 Å². The fourth-order valence-electron chi connectivity index (χ4n) is 1.30. The third-order valence-corrected chi connectivity index (χ3v) is 2.55. The van der Waals surface area contributed by atoms with Gasteiger partial charge < -0.3 is 9.47 Å². The number of rotatable bonds is 1. The highest BCUT2D eigenvalue weighted by atomic mass is 32.2. The van der Waals surface area contributed by atoms with Crippen LogP contribution in [0.15, 0.2) is 23.2 Å². The van der Waals surface area contributed by atoms with Crippen LogP contribution in [0.4, 0.5) is 14.5 Å². The van der Waals surface area contributed by atoms with E-state index < -0.39 is 6.29 Å². The minimum Gasteiger partial charge on any atom is -0.395 e. The number of thioether (sulfide) groups is 1. The second-order valence-electron chi connectivity index (χ2n) is 3.16. The molecule has 1 aromatic carbocycles. The van der Waals surface area contributed by atoms with Crippen molar-refractivity contribution in [3.05, 3.63) is 18.2 Å². The summed E-state index contributed by atoms with van der Waals surface area (Å²) in [6.45, 7) is 0. The van der Waals surface area contributed by atoms with E-state index in [-0.39, 0.29) is 11.5 Å². The van der Waals surface area contributed by atoms with E-state index in [1.165, 1.54) is 30.0 Å². The Morgan fingerprint density at radius 1 is 1.44 bits per heavy atom. The van der Waals surface area contributed by atoms with Gasteiger partial charge in [-0.3, -0.25) is 5.32 Å². The number of amidine groups is 1. The summed E-state index contributed by atoms with van der Waals surface area (Å²) in [6, 6.07) is 4.13. The van der Waals surface area contributed by atoms with Crippen molar-refractivity contribution in [3.8, 4) is 17.7 Å². The summed E-state index contributed by atoms with van der Waals surface area (Å²) in [6.07, 6.45) is -0.188. The first kappa shape index (κ1) is 12.4. The highest BCUT2D eigenvalue weighted by Crippen LogP contribution is 2.42. The van der Waals surface area contributed by atoms with E-state index in [9.17, 15) is 8.78 Å². The highest BCUT2D eigenvalue weighted by Gasteiger charge is 2.43. The molecule has 0 aromatic heterocycles. The number of nitrogens with one attached hydrogen (secondary N) is 1. The maximum atomic E-state index is 12.8. The lowest BCUT2D eigenvalue weighted by Gasteiger charge is -2.04. The van der Waals surface area contributed by atoms with Crippen molar-refractivity contribution in [2.45, 2.75) is 6.29 Å². The second-order valence-corrected chi connectivity index (χ2v) is 3.95. The SMILES string of the molecule is CSC(=Nc1ccc2c(c1)OC(F)(F)O2)NC#N. The largest absolute Gasteiger partial charge is 0.586 e. The maximum absolute atomic E-state index is 12.8. The van der Waals surface area contributed by atoms with Crippen LogP contribution in [0.25, 0.3) is 0 Å². The van der Waals surface area contributed by atoms with E-state index in [4.69, 9.17) is 5.26 Å². The molecule has 94 valence electrons. The predicted molar refractivity (Wildman–Crippen MR) is 62.0 cm³/mol. The van der Waals surface area contributed by atoms with Crippen LogP contribution >= 0.6 is 11.8 Å². The molecule has 0 amide bonds. The molecule has 18 heavy (non-hydrogen) atoms. The minimum absolute atomic E-state index is 0.0436. The third kappa shape index (κ3) is 2.62. The first-order chi connectivity index (χ1) is 8.54. The third-order valence-electron chi connectivity index (χ3n) is 1.97. The van der Waals surface area contributed by atoms with Gasteiger partial charge in [0.1, 0.15) is 0 Å². The molecule has 2 rings (SSSR count). The van der Waals surface area contributed by atoms with Crippen molar-refractivity contribution in [3.63, 3.8) is 0 Å². The average molecular weight is 271 g/mol. The minimum atomic E-state index is -3.64. The van der Waals surface area contributed by atoms with Gasteiger partial charge in [0.15, 0.2) is 22.9 Å². The van der Waals surface area contributed by atoms with Gasteiger partial charge in [0.25, 0.3) is 0 Å². The Kier molecular flexibility index (Phi) is 3.25. The number of ether oxygens (including phenoxy) is 2. The number of benzene rings is 1. The van der Waals surface area contributed by atoms with Crippen LogP contribution in [0.3, 0.4) is 0 Å². The number of hydrogen-bond acceptors (Lipinski definition) is 5. The number of nitriles is 1. The number of aliphatic imine (C=N–C) groups is 1. The molecule has 0 saturated heterocycles. The predicted octanol–water partition coefficient (Wildman–Crippen LogP) is 2.43. The van der Waals surface area contributed by atoms with Crippen LogP contribution in [0.2, 0.25) is 0 Å². The molecule has 1 aliphatic heterocycles. The Labute approximate surface area is 105 Å². The van der Waals surface area contributed by atoms with Gasteiger partial charge in [0, 0.05) is 6.07 Å². The van der Waals surface area contributed by atoms with Crippen LogP contribution in [0, 0.1) is 11.5 Å². The summed E-state index contributed by atoms with van der Waals surface area (Å²) in [7, 11) is 0. The van der Waals surface area contributed by atoms with Crippen molar-refractivity contribution < 1.29 is 18.3 Å². The van der Waals surface area contributed by atoms with Crippen LogP contribution in [0.1, 0.15) is 0 Å². The van der Waals surface area contributed by atoms with E-state index in [1.807, 2.05) is 0 Å². The van der Waals surface area contributed by atoms with Gasteiger partial charge in [-0.25, -0.2) is 4.99 Å². The number of alkyl halides is 2. The maximum Gasteiger partial charge on any atom is 0.586 e. The quantitative estimate of drug-likeness (QED) is 0.368. The standard InChI is InChI=1S/C10H7F2N3O2S/c1-18-9(14-5-13)15-6-2-3-7-8(4-6)17-10(11,12)16-7/h2-4H,1H3,(H,14,15). The van der Waals surface area contributed by atoms with Crippen molar-refractivity contribution in [1.82, 2.24) is 5.32 Å². The van der Waals surface area contributed by atoms with Crippen molar-refractivity contribution in [2.24, 2.45) is 4.99 Å². The molecule has 1 aliphatic rings. The molecule has 8 heteroatoms. The molecule has 0 unspecified atom stereocenters. The molecule has 1 N–H and O–H groups in total. The first-order valence-electron chi connectivity index (χ1n) is 4.72. The normalized spacial score (nSPS) is 16.2. The zero-order chi connectivity index (χ0) is 13.2. The first-order valence-corrected chi connectivity index (χ1v) is 5.94. The van der Waals surface area contributed by atoms with E-state index in [0.717, 1.165) is 0 Å². The molecule has 0 radical (unpaired) electrons. The van der Waals surface area contributed by atoms with E-state index in [0.29, 0.717) is 10.9 Å². The van der Waals surface area contributed by atoms with Crippen molar-refractivity contribution >= 4 is 22.6 Å². The summed E-state index contributed by atoms with van der Waals surface area (Å²) in [5.41, 5.74) is 0.377. The Morgan fingerprint density at radius 2 is 2.17 bits per heavy atom. The van der Waals surface area contributed by atoms with Gasteiger partial charge in [-0.15, -0.1) is 8.78 Å². The fraction of sp³-hybridized carbons (Fsp3) is 0.200. The summed E-state index contributed by atoms with van der Waals surface area (Å²) in [5.74, 6) is -0.128. The van der Waals surface area contributed by atoms with Gasteiger partial charge in [0.05, 0.1) is 5.69 Å². The van der Waals surface area contributed by atoms with E-state index >= 15 is 0 Å². The molecule has 0 fully saturated rings. The Bertz CT molecular complexity index is 542. The molecule has 0 aliphatic carbocycles. The molecule has 0 saturated carbocycles. The highest BCUT2D eigenvalue weighted by molar-refractivity contribution is 8.13. The number of halogens is 2. The molecule has 5 nitrogen and oxygen atoms in total. The molecule has 1 heterocycles. The monoisotopic (exact) mass is 271 g/mol. The summed E-state index contributed by atoms with van der Waals surface area (Å²) >= 11 is 1.22. The summed E-state index contributed by atoms with van der Waals surface area (Å²) in [4.78, 5) is 4.06. The molecule has 0 atom stereocenters. The lowest BCUT2D eigenvalue weighted by Crippen LogP contribution is -2.25. The number of fused-ring (bicyclic) bond motifs is 1. The Hall–Kier alpha value is -2.01. The zero-order valence-corrected chi connectivity index (χ0v) is 9.92. The number of hydrogen-bond donors (Lipinski definition) is 1. The number of nitrogens with zero attached hydrogens (tertiary/aromatic N) is 2. The molecular formula is C10H7F2N3O2S. The van der Waals surface area contributed by atoms with Crippen LogP contribution in [0.5, 0.6) is 11.5 Å². The second kappa shape index (κ2) is 4.70. The Balaban J connectivity index is 2.26. The van der Waals surface area contributed by atoms with Gasteiger partial charge in [0.2, 0.25) is 0 Å².